The summed E-state index contributed by atoms with van der Waals surface area (Å²) in [5.74, 6) is 1.12. The minimum absolute atomic E-state index is 0.180. The van der Waals surface area contributed by atoms with E-state index in [9.17, 15) is 4.79 Å². The number of oxazole rings is 1. The molecule has 1 amide bonds. The van der Waals surface area contributed by atoms with Gasteiger partial charge in [-0.05, 0) is 72.6 Å². The first kappa shape index (κ1) is 22.5. The molecule has 0 bridgehead atoms. The van der Waals surface area contributed by atoms with E-state index in [1.165, 1.54) is 12.7 Å². The molecule has 0 aliphatic rings. The van der Waals surface area contributed by atoms with E-state index in [2.05, 4.69) is 41.6 Å². The molecule has 0 atom stereocenters. The lowest BCUT2D eigenvalue weighted by Crippen LogP contribution is -2.34. The van der Waals surface area contributed by atoms with E-state index in [4.69, 9.17) is 21.4 Å². The first-order valence-electron chi connectivity index (χ1n) is 10.6. The van der Waals surface area contributed by atoms with Gasteiger partial charge in [0.15, 0.2) is 10.7 Å². The molecule has 4 aromatic rings. The highest BCUT2D eigenvalue weighted by atomic mass is 32.1. The summed E-state index contributed by atoms with van der Waals surface area (Å²) in [6.45, 7) is 6.18. The van der Waals surface area contributed by atoms with Crippen LogP contribution in [0.2, 0.25) is 0 Å². The highest BCUT2D eigenvalue weighted by Crippen LogP contribution is 2.28. The summed E-state index contributed by atoms with van der Waals surface area (Å²) in [5, 5.41) is 5.94. The fourth-order valence-electron chi connectivity index (χ4n) is 3.59. The molecule has 0 aliphatic heterocycles. The van der Waals surface area contributed by atoms with Gasteiger partial charge in [-0.2, -0.15) is 0 Å². The van der Waals surface area contributed by atoms with Gasteiger partial charge < -0.3 is 14.5 Å². The number of hydrogen-bond donors (Lipinski definition) is 2. The third-order valence-electron chi connectivity index (χ3n) is 5.33. The number of amides is 1. The Bertz CT molecular complexity index is 1340. The zero-order valence-electron chi connectivity index (χ0n) is 18.9. The number of aromatic nitrogens is 1. The number of fused-ring (bicyclic) bond motifs is 1. The number of rotatable bonds is 5. The minimum Gasteiger partial charge on any atom is -0.496 e. The quantitative estimate of drug-likeness (QED) is 0.353. The molecular weight excluding hydrogens is 434 g/mol. The van der Waals surface area contributed by atoms with Crippen molar-refractivity contribution in [1.82, 2.24) is 10.3 Å². The van der Waals surface area contributed by atoms with Crippen molar-refractivity contribution in [2.75, 3.05) is 12.4 Å². The summed E-state index contributed by atoms with van der Waals surface area (Å²) in [7, 11) is 1.54. The normalized spacial score (nSPS) is 10.9. The van der Waals surface area contributed by atoms with Crippen LogP contribution in [-0.2, 0) is 0 Å². The summed E-state index contributed by atoms with van der Waals surface area (Å²) in [6.07, 6.45) is 0. The molecular formula is C26H25N3O3S. The van der Waals surface area contributed by atoms with Gasteiger partial charge in [-0.1, -0.05) is 38.1 Å². The Morgan fingerprint density at radius 1 is 1.09 bits per heavy atom. The van der Waals surface area contributed by atoms with Crippen molar-refractivity contribution in [2.24, 2.45) is 0 Å². The number of thiocarbonyl (C=S) groups is 1. The molecule has 168 valence electrons. The summed E-state index contributed by atoms with van der Waals surface area (Å²) in [4.78, 5) is 17.3. The van der Waals surface area contributed by atoms with E-state index < -0.39 is 0 Å². The van der Waals surface area contributed by atoms with E-state index in [1.54, 1.807) is 12.1 Å². The number of nitrogens with zero attached hydrogens (tertiary/aromatic N) is 1. The molecule has 2 N–H and O–H groups in total. The van der Waals surface area contributed by atoms with Gasteiger partial charge in [0.25, 0.3) is 5.91 Å². The number of carbonyl (C=O) groups excluding carboxylic acids is 1. The molecule has 0 aliphatic carbocycles. The molecule has 1 heterocycles. The van der Waals surface area contributed by atoms with Crippen molar-refractivity contribution in [3.63, 3.8) is 0 Å². The van der Waals surface area contributed by atoms with Crippen LogP contribution >= 0.6 is 12.2 Å². The van der Waals surface area contributed by atoms with E-state index in [0.29, 0.717) is 28.8 Å². The molecule has 0 spiro atoms. The van der Waals surface area contributed by atoms with Gasteiger partial charge in [-0.25, -0.2) is 4.98 Å². The Balaban J connectivity index is 1.50. The second-order valence-corrected chi connectivity index (χ2v) is 8.45. The smallest absolute Gasteiger partial charge is 0.261 e. The van der Waals surface area contributed by atoms with Gasteiger partial charge in [-0.3, -0.25) is 10.1 Å². The van der Waals surface area contributed by atoms with Crippen LogP contribution in [0.15, 0.2) is 65.1 Å². The molecule has 0 unspecified atom stereocenters. The van der Waals surface area contributed by atoms with Crippen molar-refractivity contribution in [3.8, 4) is 17.2 Å². The number of anilines is 1. The zero-order valence-corrected chi connectivity index (χ0v) is 19.7. The average Bonchev–Trinajstić information content (AvgIpc) is 3.22. The van der Waals surface area contributed by atoms with E-state index >= 15 is 0 Å². The summed E-state index contributed by atoms with van der Waals surface area (Å²) in [5.41, 5.74) is 5.57. The lowest BCUT2D eigenvalue weighted by atomic mass is 10.0. The summed E-state index contributed by atoms with van der Waals surface area (Å²) < 4.78 is 11.3. The van der Waals surface area contributed by atoms with E-state index in [0.717, 1.165) is 22.2 Å². The predicted molar refractivity (Wildman–Crippen MR) is 135 cm³/mol. The SMILES string of the molecule is COc1c(C)cccc1C(=O)NC(=S)Nc1cccc(-c2nc3cc(C(C)C)ccc3o2)c1. The highest BCUT2D eigenvalue weighted by Gasteiger charge is 2.16. The number of hydrogen-bond acceptors (Lipinski definition) is 5. The van der Waals surface area contributed by atoms with Crippen molar-refractivity contribution < 1.29 is 13.9 Å². The molecule has 6 nitrogen and oxygen atoms in total. The van der Waals surface area contributed by atoms with Crippen molar-refractivity contribution in [1.29, 1.82) is 0 Å². The predicted octanol–water partition coefficient (Wildman–Crippen LogP) is 6.06. The first-order valence-corrected chi connectivity index (χ1v) is 11.0. The number of carbonyl (C=O) groups is 1. The number of para-hydroxylation sites is 1. The maximum Gasteiger partial charge on any atom is 0.261 e. The number of nitrogens with one attached hydrogen (secondary N) is 2. The fourth-order valence-corrected chi connectivity index (χ4v) is 3.80. The van der Waals surface area contributed by atoms with Crippen LogP contribution in [-0.4, -0.2) is 23.1 Å². The Hall–Kier alpha value is -3.71. The van der Waals surface area contributed by atoms with Crippen LogP contribution in [0.4, 0.5) is 5.69 Å². The minimum atomic E-state index is -0.343. The van der Waals surface area contributed by atoms with Crippen LogP contribution in [0, 0.1) is 6.92 Å². The topological polar surface area (TPSA) is 76.4 Å². The van der Waals surface area contributed by atoms with Gasteiger partial charge in [0.05, 0.1) is 12.7 Å². The van der Waals surface area contributed by atoms with E-state index in [-0.39, 0.29) is 11.0 Å². The molecule has 0 saturated heterocycles. The van der Waals surface area contributed by atoms with Gasteiger partial charge >= 0.3 is 0 Å². The second-order valence-electron chi connectivity index (χ2n) is 8.05. The Morgan fingerprint density at radius 3 is 2.64 bits per heavy atom. The number of benzene rings is 3. The fraction of sp³-hybridized carbons (Fsp3) is 0.192. The maximum absolute atomic E-state index is 12.7. The van der Waals surface area contributed by atoms with Gasteiger partial charge in [0.1, 0.15) is 11.3 Å². The zero-order chi connectivity index (χ0) is 23.5. The number of methoxy groups -OCH3 is 1. The van der Waals surface area contributed by atoms with Crippen LogP contribution < -0.4 is 15.4 Å². The van der Waals surface area contributed by atoms with Crippen molar-refractivity contribution in [2.45, 2.75) is 26.7 Å². The third-order valence-corrected chi connectivity index (χ3v) is 5.54. The Labute approximate surface area is 198 Å². The number of ether oxygens (including phenoxy) is 1. The third kappa shape index (κ3) is 4.88. The summed E-state index contributed by atoms with van der Waals surface area (Å²) >= 11 is 5.35. The second kappa shape index (κ2) is 9.42. The Morgan fingerprint density at radius 2 is 1.88 bits per heavy atom. The highest BCUT2D eigenvalue weighted by molar-refractivity contribution is 7.80. The molecule has 3 aromatic carbocycles. The Kier molecular flexibility index (Phi) is 6.42. The average molecular weight is 460 g/mol. The molecule has 0 radical (unpaired) electrons. The monoisotopic (exact) mass is 459 g/mol. The molecule has 0 saturated carbocycles. The van der Waals surface area contributed by atoms with Crippen LogP contribution in [0.25, 0.3) is 22.6 Å². The lowest BCUT2D eigenvalue weighted by molar-refractivity contribution is 0.0974. The van der Waals surface area contributed by atoms with Gasteiger partial charge in [0.2, 0.25) is 5.89 Å². The largest absolute Gasteiger partial charge is 0.496 e. The maximum atomic E-state index is 12.7. The molecule has 1 aromatic heterocycles. The van der Waals surface area contributed by atoms with Gasteiger partial charge in [-0.15, -0.1) is 0 Å². The first-order chi connectivity index (χ1) is 15.9. The van der Waals surface area contributed by atoms with Crippen molar-refractivity contribution in [3.05, 3.63) is 77.4 Å². The van der Waals surface area contributed by atoms with Gasteiger partial charge in [0, 0.05) is 11.3 Å². The lowest BCUT2D eigenvalue weighted by Gasteiger charge is -2.13. The van der Waals surface area contributed by atoms with Crippen LogP contribution in [0.1, 0.15) is 41.3 Å². The molecule has 4 rings (SSSR count). The molecule has 7 heteroatoms. The number of aryl methyl sites for hydroxylation is 1. The standard InChI is InChI=1S/C26H25N3O3S/c1-15(2)17-11-12-22-21(14-17)28-25(32-22)18-8-6-9-19(13-18)27-26(33)29-24(30)20-10-5-7-16(3)23(20)31-4/h5-15H,1-4H3,(H2,27,29,30,33). The molecule has 0 fully saturated rings. The summed E-state index contributed by atoms with van der Waals surface area (Å²) in [6, 6.07) is 19.0. The van der Waals surface area contributed by atoms with Crippen LogP contribution in [0.5, 0.6) is 5.75 Å². The van der Waals surface area contributed by atoms with E-state index in [1.807, 2.05) is 43.3 Å². The van der Waals surface area contributed by atoms with Crippen LogP contribution in [0.3, 0.4) is 0 Å². The van der Waals surface area contributed by atoms with Crippen molar-refractivity contribution >= 4 is 40.0 Å². The molecule has 33 heavy (non-hydrogen) atoms.